The summed E-state index contributed by atoms with van der Waals surface area (Å²) in [6.45, 7) is 6.55. The number of hydrogen-bond acceptors (Lipinski definition) is 7. The van der Waals surface area contributed by atoms with Crippen molar-refractivity contribution < 1.29 is 9.47 Å². The van der Waals surface area contributed by atoms with Gasteiger partial charge in [0.05, 0.1) is 36.3 Å². The zero-order chi connectivity index (χ0) is 19.0. The predicted molar refractivity (Wildman–Crippen MR) is 101 cm³/mol. The zero-order valence-electron chi connectivity index (χ0n) is 16.5. The molecule has 1 aliphatic carbocycles. The molecule has 0 N–H and O–H groups in total. The van der Waals surface area contributed by atoms with E-state index in [0.717, 1.165) is 48.8 Å². The molecule has 2 aromatic heterocycles. The van der Waals surface area contributed by atoms with Crippen molar-refractivity contribution in [1.29, 1.82) is 0 Å². The molecule has 3 heterocycles. The minimum atomic E-state index is 0.146. The van der Waals surface area contributed by atoms with Gasteiger partial charge in [-0.15, -0.1) is 5.10 Å². The van der Waals surface area contributed by atoms with Crippen LogP contribution >= 0.6 is 0 Å². The molecule has 0 amide bonds. The third kappa shape index (κ3) is 3.55. The molecule has 4 atom stereocenters. The molecule has 0 bridgehead atoms. The van der Waals surface area contributed by atoms with E-state index in [9.17, 15) is 0 Å². The number of aryl methyl sites for hydroxylation is 2. The Morgan fingerprint density at radius 1 is 1.15 bits per heavy atom. The Hall–Kier alpha value is -2.06. The molecule has 4 rings (SSSR count). The fourth-order valence-corrected chi connectivity index (χ4v) is 4.61. The Bertz CT molecular complexity index is 794. The van der Waals surface area contributed by atoms with Crippen LogP contribution in [0.3, 0.4) is 0 Å². The third-order valence-electron chi connectivity index (χ3n) is 5.93. The van der Waals surface area contributed by atoms with Crippen molar-refractivity contribution in [3.8, 4) is 0 Å². The number of hydrogen-bond donors (Lipinski definition) is 0. The first-order chi connectivity index (χ1) is 13.1. The van der Waals surface area contributed by atoms with Crippen molar-refractivity contribution in [2.24, 2.45) is 11.8 Å². The lowest BCUT2D eigenvalue weighted by molar-refractivity contribution is -0.00544. The normalized spacial score (nSPS) is 27.8. The summed E-state index contributed by atoms with van der Waals surface area (Å²) >= 11 is 0. The monoisotopic (exact) mass is 372 g/mol. The molecule has 146 valence electrons. The Balaban J connectivity index is 1.52. The van der Waals surface area contributed by atoms with Gasteiger partial charge >= 0.3 is 0 Å². The number of aromatic nitrogens is 5. The molecule has 0 aromatic carbocycles. The van der Waals surface area contributed by atoms with Gasteiger partial charge in [0.1, 0.15) is 11.5 Å². The molecule has 8 heteroatoms. The Morgan fingerprint density at radius 3 is 2.67 bits per heavy atom. The minimum Gasteiger partial charge on any atom is -0.379 e. The summed E-state index contributed by atoms with van der Waals surface area (Å²) in [6, 6.07) is 0.207. The maximum atomic E-state index is 5.85. The largest absolute Gasteiger partial charge is 0.379 e. The molecule has 2 aliphatic rings. The number of anilines is 1. The van der Waals surface area contributed by atoms with E-state index in [1.54, 1.807) is 14.2 Å². The van der Waals surface area contributed by atoms with Crippen LogP contribution in [-0.2, 0) is 16.1 Å². The first-order valence-electron chi connectivity index (χ1n) is 9.56. The second kappa shape index (κ2) is 7.52. The lowest BCUT2D eigenvalue weighted by Crippen LogP contribution is -2.37. The van der Waals surface area contributed by atoms with Crippen LogP contribution in [0.2, 0.25) is 0 Å². The second-order valence-electron chi connectivity index (χ2n) is 7.78. The average Bonchev–Trinajstić information content (AvgIpc) is 3.29. The molecule has 1 saturated heterocycles. The quantitative estimate of drug-likeness (QED) is 0.793. The van der Waals surface area contributed by atoms with Gasteiger partial charge in [0.2, 0.25) is 0 Å². The van der Waals surface area contributed by atoms with E-state index in [2.05, 4.69) is 20.2 Å². The predicted octanol–water partition coefficient (Wildman–Crippen LogP) is 1.93. The summed E-state index contributed by atoms with van der Waals surface area (Å²) in [4.78, 5) is 11.6. The molecule has 0 spiro atoms. The van der Waals surface area contributed by atoms with E-state index in [-0.39, 0.29) is 12.1 Å². The van der Waals surface area contributed by atoms with Crippen LogP contribution in [0.15, 0.2) is 12.4 Å². The summed E-state index contributed by atoms with van der Waals surface area (Å²) in [6.07, 6.45) is 6.03. The first kappa shape index (κ1) is 18.3. The van der Waals surface area contributed by atoms with Crippen LogP contribution in [0.5, 0.6) is 0 Å². The molecular formula is C19H28N6O2. The lowest BCUT2D eigenvalue weighted by atomic mass is 9.77. The Morgan fingerprint density at radius 2 is 1.93 bits per heavy atom. The highest BCUT2D eigenvalue weighted by molar-refractivity contribution is 5.44. The van der Waals surface area contributed by atoms with Gasteiger partial charge in [0.15, 0.2) is 0 Å². The van der Waals surface area contributed by atoms with E-state index < -0.39 is 0 Å². The standard InChI is InChI=1S/C19H28N6O2/c1-12-7-20-13(2)19(21-12)24-8-14-5-17(18(27-4)6-15(14)9-24)25-10-16(11-26-3)22-23-25/h7,10,14-15,17-18H,5-6,8-9,11H2,1-4H3/t14-,15+,17-,18-/m1/s1. The Labute approximate surface area is 159 Å². The van der Waals surface area contributed by atoms with Crippen molar-refractivity contribution in [2.45, 2.75) is 45.4 Å². The summed E-state index contributed by atoms with van der Waals surface area (Å²) in [5.41, 5.74) is 2.82. The van der Waals surface area contributed by atoms with Crippen molar-refractivity contribution in [2.75, 3.05) is 32.2 Å². The molecule has 8 nitrogen and oxygen atoms in total. The summed E-state index contributed by atoms with van der Waals surface area (Å²) < 4.78 is 13.0. The number of nitrogens with zero attached hydrogens (tertiary/aromatic N) is 6. The molecule has 0 radical (unpaired) electrons. The maximum Gasteiger partial charge on any atom is 0.150 e. The zero-order valence-corrected chi connectivity index (χ0v) is 16.5. The number of rotatable bonds is 5. The van der Waals surface area contributed by atoms with Crippen LogP contribution in [0, 0.1) is 25.7 Å². The SMILES string of the molecule is COCc1cn([C@@H]2C[C@@H]3CN(c4nc(C)cnc4C)C[C@@H]3C[C@H]2OC)nn1. The first-order valence-corrected chi connectivity index (χ1v) is 9.56. The number of fused-ring (bicyclic) bond motifs is 1. The topological polar surface area (TPSA) is 78.2 Å². The van der Waals surface area contributed by atoms with E-state index in [1.807, 2.05) is 30.9 Å². The van der Waals surface area contributed by atoms with Crippen molar-refractivity contribution in [3.63, 3.8) is 0 Å². The third-order valence-corrected chi connectivity index (χ3v) is 5.93. The highest BCUT2D eigenvalue weighted by Gasteiger charge is 2.44. The highest BCUT2D eigenvalue weighted by atomic mass is 16.5. The van der Waals surface area contributed by atoms with Crippen molar-refractivity contribution >= 4 is 5.82 Å². The van der Waals surface area contributed by atoms with Gasteiger partial charge in [0, 0.05) is 33.5 Å². The maximum absolute atomic E-state index is 5.85. The van der Waals surface area contributed by atoms with Gasteiger partial charge in [-0.05, 0) is 38.5 Å². The van der Waals surface area contributed by atoms with Gasteiger partial charge in [-0.2, -0.15) is 0 Å². The van der Waals surface area contributed by atoms with Gasteiger partial charge in [-0.3, -0.25) is 4.98 Å². The van der Waals surface area contributed by atoms with E-state index >= 15 is 0 Å². The lowest BCUT2D eigenvalue weighted by Gasteiger charge is -2.36. The molecule has 1 saturated carbocycles. The van der Waals surface area contributed by atoms with Crippen LogP contribution in [0.4, 0.5) is 5.82 Å². The fraction of sp³-hybridized carbons (Fsp3) is 0.684. The number of methoxy groups -OCH3 is 2. The van der Waals surface area contributed by atoms with Gasteiger partial charge in [-0.25, -0.2) is 9.67 Å². The van der Waals surface area contributed by atoms with Gasteiger partial charge in [0.25, 0.3) is 0 Å². The summed E-state index contributed by atoms with van der Waals surface area (Å²) in [7, 11) is 3.47. The number of ether oxygens (including phenoxy) is 2. The van der Waals surface area contributed by atoms with E-state index in [1.165, 1.54) is 0 Å². The molecule has 1 aliphatic heterocycles. The minimum absolute atomic E-state index is 0.146. The van der Waals surface area contributed by atoms with Crippen LogP contribution in [0.1, 0.15) is 36.0 Å². The molecule has 27 heavy (non-hydrogen) atoms. The van der Waals surface area contributed by atoms with Gasteiger partial charge < -0.3 is 14.4 Å². The van der Waals surface area contributed by atoms with E-state index in [0.29, 0.717) is 18.4 Å². The van der Waals surface area contributed by atoms with Gasteiger partial charge in [-0.1, -0.05) is 5.21 Å². The fourth-order valence-electron chi connectivity index (χ4n) is 4.61. The molecule has 2 fully saturated rings. The molecular weight excluding hydrogens is 344 g/mol. The highest BCUT2D eigenvalue weighted by Crippen LogP contribution is 2.43. The molecule has 0 unspecified atom stereocenters. The van der Waals surface area contributed by atoms with Crippen molar-refractivity contribution in [1.82, 2.24) is 25.0 Å². The molecule has 2 aromatic rings. The van der Waals surface area contributed by atoms with Crippen LogP contribution in [0.25, 0.3) is 0 Å². The Kier molecular flexibility index (Phi) is 5.10. The van der Waals surface area contributed by atoms with Crippen molar-refractivity contribution in [3.05, 3.63) is 29.5 Å². The van der Waals surface area contributed by atoms with E-state index in [4.69, 9.17) is 14.5 Å². The second-order valence-corrected chi connectivity index (χ2v) is 7.78. The van der Waals surface area contributed by atoms with Crippen LogP contribution < -0.4 is 4.90 Å². The van der Waals surface area contributed by atoms with Crippen LogP contribution in [-0.4, -0.2) is 58.4 Å². The average molecular weight is 372 g/mol. The summed E-state index contributed by atoms with van der Waals surface area (Å²) in [5, 5.41) is 8.57. The summed E-state index contributed by atoms with van der Waals surface area (Å²) in [5.74, 6) is 2.23. The smallest absolute Gasteiger partial charge is 0.150 e.